The molecule has 0 bridgehead atoms. The van der Waals surface area contributed by atoms with Crippen LogP contribution < -0.4 is 10.6 Å². The first kappa shape index (κ1) is 21.6. The van der Waals surface area contributed by atoms with E-state index >= 15 is 0 Å². The summed E-state index contributed by atoms with van der Waals surface area (Å²) in [6, 6.07) is 14.9. The zero-order valence-electron chi connectivity index (χ0n) is 15.3. The van der Waals surface area contributed by atoms with Crippen molar-refractivity contribution in [2.75, 3.05) is 17.3 Å². The first-order valence-electron chi connectivity index (χ1n) is 8.46. The summed E-state index contributed by atoms with van der Waals surface area (Å²) in [6.07, 6.45) is 2.02. The molecule has 3 rings (SSSR count). The summed E-state index contributed by atoms with van der Waals surface area (Å²) in [5.41, 5.74) is 1.62. The first-order chi connectivity index (χ1) is 14.0. The van der Waals surface area contributed by atoms with Crippen molar-refractivity contribution in [1.29, 1.82) is 0 Å². The smallest absolute Gasteiger partial charge is 0.286 e. The predicted molar refractivity (Wildman–Crippen MR) is 120 cm³/mol. The van der Waals surface area contributed by atoms with E-state index in [2.05, 4.69) is 20.8 Å². The topological polar surface area (TPSA) is 84.0 Å². The van der Waals surface area contributed by atoms with E-state index in [1.807, 2.05) is 30.5 Å². The number of carbonyl (C=O) groups excluding carboxylic acids is 2. The van der Waals surface area contributed by atoms with Gasteiger partial charge in [-0.15, -0.1) is 22.0 Å². The van der Waals surface area contributed by atoms with Gasteiger partial charge in [-0.2, -0.15) is 0 Å². The van der Waals surface area contributed by atoms with Crippen molar-refractivity contribution in [1.82, 2.24) is 15.5 Å². The van der Waals surface area contributed by atoms with Gasteiger partial charge in [0, 0.05) is 22.2 Å². The SMILES string of the molecule is CSc1ccc(CNC(=O)CSc2nnc(C(=O)Nc3cccc(Cl)c3)s2)cc1. The minimum absolute atomic E-state index is 0.107. The highest BCUT2D eigenvalue weighted by Crippen LogP contribution is 2.23. The third-order valence-corrected chi connectivity index (χ3v) is 6.69. The van der Waals surface area contributed by atoms with Gasteiger partial charge in [0.05, 0.1) is 5.75 Å². The highest BCUT2D eigenvalue weighted by atomic mass is 35.5. The van der Waals surface area contributed by atoms with Crippen LogP contribution in [0.25, 0.3) is 0 Å². The molecule has 1 heterocycles. The maximum Gasteiger partial charge on any atom is 0.286 e. The van der Waals surface area contributed by atoms with Gasteiger partial charge in [-0.3, -0.25) is 9.59 Å². The van der Waals surface area contributed by atoms with Crippen LogP contribution in [0.1, 0.15) is 15.4 Å². The quantitative estimate of drug-likeness (QED) is 0.475. The number of hydrogen-bond acceptors (Lipinski definition) is 7. The summed E-state index contributed by atoms with van der Waals surface area (Å²) in [7, 11) is 0. The Bertz CT molecular complexity index is 995. The van der Waals surface area contributed by atoms with Crippen LogP contribution in [-0.2, 0) is 11.3 Å². The van der Waals surface area contributed by atoms with E-state index < -0.39 is 0 Å². The number of hydrogen-bond donors (Lipinski definition) is 2. The van der Waals surface area contributed by atoms with E-state index in [0.29, 0.717) is 21.6 Å². The minimum atomic E-state index is -0.366. The largest absolute Gasteiger partial charge is 0.351 e. The maximum atomic E-state index is 12.2. The van der Waals surface area contributed by atoms with Crippen molar-refractivity contribution < 1.29 is 9.59 Å². The Morgan fingerprint density at radius 1 is 1.14 bits per heavy atom. The van der Waals surface area contributed by atoms with Crippen molar-refractivity contribution in [3.8, 4) is 0 Å². The summed E-state index contributed by atoms with van der Waals surface area (Å²) in [5.74, 6) is -0.271. The molecule has 1 aromatic heterocycles. The molecule has 0 atom stereocenters. The molecule has 0 aliphatic heterocycles. The van der Waals surface area contributed by atoms with Crippen LogP contribution in [0, 0.1) is 0 Å². The molecule has 10 heteroatoms. The second kappa shape index (κ2) is 10.6. The molecule has 0 aliphatic rings. The van der Waals surface area contributed by atoms with Gasteiger partial charge in [-0.1, -0.05) is 52.9 Å². The minimum Gasteiger partial charge on any atom is -0.351 e. The van der Waals surface area contributed by atoms with Crippen LogP contribution in [0.15, 0.2) is 57.8 Å². The predicted octanol–water partition coefficient (Wildman–Crippen LogP) is 4.57. The lowest BCUT2D eigenvalue weighted by Gasteiger charge is -2.05. The molecule has 6 nitrogen and oxygen atoms in total. The van der Waals surface area contributed by atoms with E-state index in [0.717, 1.165) is 16.9 Å². The van der Waals surface area contributed by atoms with Crippen LogP contribution in [-0.4, -0.2) is 34.0 Å². The number of halogens is 1. The molecule has 2 N–H and O–H groups in total. The zero-order valence-corrected chi connectivity index (χ0v) is 18.6. The molecule has 0 unspecified atom stereocenters. The number of rotatable bonds is 8. The molecule has 29 heavy (non-hydrogen) atoms. The lowest BCUT2D eigenvalue weighted by molar-refractivity contribution is -0.118. The first-order valence-corrected chi connectivity index (χ1v) is 11.9. The van der Waals surface area contributed by atoms with Crippen LogP contribution in [0.4, 0.5) is 5.69 Å². The number of anilines is 1. The number of nitrogens with one attached hydrogen (secondary N) is 2. The second-order valence-corrected chi connectivity index (χ2v) is 9.27. The van der Waals surface area contributed by atoms with Crippen molar-refractivity contribution in [3.63, 3.8) is 0 Å². The van der Waals surface area contributed by atoms with Gasteiger partial charge in [-0.05, 0) is 42.2 Å². The lowest BCUT2D eigenvalue weighted by Crippen LogP contribution is -2.24. The third kappa shape index (κ3) is 6.74. The van der Waals surface area contributed by atoms with E-state index in [4.69, 9.17) is 11.6 Å². The molecule has 3 aromatic rings. The number of benzene rings is 2. The van der Waals surface area contributed by atoms with Crippen LogP contribution in [0.5, 0.6) is 0 Å². The molecular weight excluding hydrogens is 448 g/mol. The van der Waals surface area contributed by atoms with Gasteiger partial charge in [0.25, 0.3) is 5.91 Å². The van der Waals surface area contributed by atoms with E-state index in [-0.39, 0.29) is 22.6 Å². The standard InChI is InChI=1S/C19H17ClN4O2S3/c1-27-15-7-5-12(6-8-15)10-21-16(25)11-28-19-24-23-18(29-19)17(26)22-14-4-2-3-13(20)9-14/h2-9H,10-11H2,1H3,(H,21,25)(H,22,26). The fourth-order valence-electron chi connectivity index (χ4n) is 2.23. The van der Waals surface area contributed by atoms with E-state index in [1.54, 1.807) is 36.0 Å². The van der Waals surface area contributed by atoms with Crippen molar-refractivity contribution in [3.05, 3.63) is 64.1 Å². The van der Waals surface area contributed by atoms with Gasteiger partial charge in [0.2, 0.25) is 10.9 Å². The number of carbonyl (C=O) groups is 2. The van der Waals surface area contributed by atoms with Gasteiger partial charge in [0.15, 0.2) is 4.34 Å². The molecule has 0 spiro atoms. The molecule has 0 aliphatic carbocycles. The van der Waals surface area contributed by atoms with E-state index in [9.17, 15) is 9.59 Å². The Hall–Kier alpha value is -2.07. The van der Waals surface area contributed by atoms with Crippen LogP contribution in [0.3, 0.4) is 0 Å². The number of thioether (sulfide) groups is 2. The molecule has 2 amide bonds. The molecular formula is C19H17ClN4O2S3. The lowest BCUT2D eigenvalue weighted by atomic mass is 10.2. The zero-order chi connectivity index (χ0) is 20.6. The summed E-state index contributed by atoms with van der Waals surface area (Å²) < 4.78 is 0.556. The van der Waals surface area contributed by atoms with E-state index in [1.165, 1.54) is 16.7 Å². The third-order valence-electron chi connectivity index (χ3n) is 3.66. The molecule has 0 fully saturated rings. The maximum absolute atomic E-state index is 12.2. The Morgan fingerprint density at radius 2 is 1.93 bits per heavy atom. The number of amides is 2. The summed E-state index contributed by atoms with van der Waals surface area (Å²) in [5, 5.41) is 14.2. The molecule has 0 saturated carbocycles. The highest BCUT2D eigenvalue weighted by Gasteiger charge is 2.14. The Balaban J connectivity index is 1.45. The summed E-state index contributed by atoms with van der Waals surface area (Å²) in [6.45, 7) is 0.470. The number of aromatic nitrogens is 2. The fourth-order valence-corrected chi connectivity index (χ4v) is 4.41. The molecule has 0 saturated heterocycles. The van der Waals surface area contributed by atoms with Gasteiger partial charge in [-0.25, -0.2) is 0 Å². The normalized spacial score (nSPS) is 10.6. The van der Waals surface area contributed by atoms with Gasteiger partial charge >= 0.3 is 0 Å². The Kier molecular flexibility index (Phi) is 7.93. The van der Waals surface area contributed by atoms with Crippen LogP contribution in [0.2, 0.25) is 5.02 Å². The average molecular weight is 465 g/mol. The van der Waals surface area contributed by atoms with Crippen molar-refractivity contribution in [2.45, 2.75) is 15.8 Å². The summed E-state index contributed by atoms with van der Waals surface area (Å²) >= 11 is 9.97. The van der Waals surface area contributed by atoms with Gasteiger partial charge < -0.3 is 10.6 Å². The number of nitrogens with zero attached hydrogens (tertiary/aromatic N) is 2. The van der Waals surface area contributed by atoms with Crippen molar-refractivity contribution >= 4 is 64.0 Å². The monoisotopic (exact) mass is 464 g/mol. The summed E-state index contributed by atoms with van der Waals surface area (Å²) in [4.78, 5) is 25.5. The highest BCUT2D eigenvalue weighted by molar-refractivity contribution is 8.01. The second-order valence-electron chi connectivity index (χ2n) is 5.75. The molecule has 0 radical (unpaired) electrons. The van der Waals surface area contributed by atoms with Crippen molar-refractivity contribution in [2.24, 2.45) is 0 Å². The van der Waals surface area contributed by atoms with Crippen LogP contribution >= 0.6 is 46.5 Å². The molecule has 2 aromatic carbocycles. The Morgan fingerprint density at radius 3 is 2.66 bits per heavy atom. The van der Waals surface area contributed by atoms with Gasteiger partial charge in [0.1, 0.15) is 0 Å². The molecule has 150 valence electrons. The Labute approximate surface area is 185 Å². The fraction of sp³-hybridized carbons (Fsp3) is 0.158. The average Bonchev–Trinajstić information content (AvgIpc) is 3.20.